The highest BCUT2D eigenvalue weighted by molar-refractivity contribution is 7.08. The van der Waals surface area contributed by atoms with Gasteiger partial charge in [-0.25, -0.2) is 0 Å². The minimum atomic E-state index is 0.158. The van der Waals surface area contributed by atoms with Gasteiger partial charge in [-0.15, -0.1) is 0 Å². The summed E-state index contributed by atoms with van der Waals surface area (Å²) >= 11 is 7.40. The van der Waals surface area contributed by atoms with Gasteiger partial charge in [0.05, 0.1) is 0 Å². The van der Waals surface area contributed by atoms with Crippen molar-refractivity contribution < 1.29 is 9.36 Å². The monoisotopic (exact) mass is 333 g/mol. The summed E-state index contributed by atoms with van der Waals surface area (Å²) in [7, 11) is 0. The summed E-state index contributed by atoms with van der Waals surface area (Å²) in [5, 5.41) is 12.3. The fourth-order valence-electron chi connectivity index (χ4n) is 1.77. The molecule has 0 fully saturated rings. The Hall–Kier alpha value is -2.31. The number of benzene rings is 1. The number of thiophene rings is 1. The van der Waals surface area contributed by atoms with E-state index in [0.717, 1.165) is 11.1 Å². The SMILES string of the molecule is N/C(=N/OCc1cc(-c2ccc(Cl)cc2)no1)c1ccsc1. The first kappa shape index (κ1) is 14.6. The molecule has 5 nitrogen and oxygen atoms in total. The lowest BCUT2D eigenvalue weighted by atomic mass is 10.1. The number of nitrogens with zero attached hydrogens (tertiary/aromatic N) is 2. The third-order valence-electron chi connectivity index (χ3n) is 2.89. The lowest BCUT2D eigenvalue weighted by Gasteiger charge is -1.97. The normalized spacial score (nSPS) is 11.6. The van der Waals surface area contributed by atoms with Crippen molar-refractivity contribution in [3.63, 3.8) is 0 Å². The Morgan fingerprint density at radius 3 is 2.86 bits per heavy atom. The van der Waals surface area contributed by atoms with Crippen molar-refractivity contribution >= 4 is 28.8 Å². The molecule has 22 heavy (non-hydrogen) atoms. The van der Waals surface area contributed by atoms with Gasteiger partial charge in [-0.3, -0.25) is 0 Å². The second-order valence-corrected chi connectivity index (χ2v) is 5.66. The van der Waals surface area contributed by atoms with Crippen LogP contribution in [0.2, 0.25) is 5.02 Å². The van der Waals surface area contributed by atoms with Crippen LogP contribution in [0.15, 0.2) is 56.8 Å². The molecule has 0 aliphatic carbocycles. The van der Waals surface area contributed by atoms with Crippen LogP contribution in [0.4, 0.5) is 0 Å². The summed E-state index contributed by atoms with van der Waals surface area (Å²) in [6.45, 7) is 0.158. The average molecular weight is 334 g/mol. The van der Waals surface area contributed by atoms with E-state index >= 15 is 0 Å². The van der Waals surface area contributed by atoms with Gasteiger partial charge in [0.1, 0.15) is 5.69 Å². The Morgan fingerprint density at radius 1 is 1.32 bits per heavy atom. The molecule has 1 aromatic carbocycles. The molecule has 0 amide bonds. The number of rotatable bonds is 5. The van der Waals surface area contributed by atoms with E-state index in [1.54, 1.807) is 29.5 Å². The first-order chi connectivity index (χ1) is 10.7. The summed E-state index contributed by atoms with van der Waals surface area (Å²) < 4.78 is 5.21. The van der Waals surface area contributed by atoms with E-state index in [-0.39, 0.29) is 6.61 Å². The lowest BCUT2D eigenvalue weighted by Crippen LogP contribution is -2.12. The van der Waals surface area contributed by atoms with Crippen molar-refractivity contribution in [3.8, 4) is 11.3 Å². The molecule has 3 aromatic rings. The zero-order valence-electron chi connectivity index (χ0n) is 11.4. The number of aromatic nitrogens is 1. The molecule has 112 valence electrons. The fourth-order valence-corrected chi connectivity index (χ4v) is 2.54. The van der Waals surface area contributed by atoms with Crippen molar-refractivity contribution in [2.24, 2.45) is 10.9 Å². The highest BCUT2D eigenvalue weighted by atomic mass is 35.5. The molecule has 0 aliphatic rings. The molecule has 2 aromatic heterocycles. The van der Waals surface area contributed by atoms with E-state index < -0.39 is 0 Å². The van der Waals surface area contributed by atoms with Crippen LogP contribution >= 0.6 is 22.9 Å². The maximum Gasteiger partial charge on any atom is 0.177 e. The Balaban J connectivity index is 1.62. The van der Waals surface area contributed by atoms with Crippen LogP contribution in [0.5, 0.6) is 0 Å². The van der Waals surface area contributed by atoms with Gasteiger partial charge in [0.2, 0.25) is 0 Å². The van der Waals surface area contributed by atoms with E-state index in [1.165, 1.54) is 0 Å². The molecule has 0 aliphatic heterocycles. The third-order valence-corrected chi connectivity index (χ3v) is 3.82. The lowest BCUT2D eigenvalue weighted by molar-refractivity contribution is 0.109. The average Bonchev–Trinajstić information content (AvgIpc) is 3.19. The van der Waals surface area contributed by atoms with Crippen LogP contribution in [0.1, 0.15) is 11.3 Å². The molecule has 0 unspecified atom stereocenters. The summed E-state index contributed by atoms with van der Waals surface area (Å²) in [4.78, 5) is 5.19. The number of amidine groups is 1. The first-order valence-electron chi connectivity index (χ1n) is 6.42. The number of hydrogen-bond donors (Lipinski definition) is 1. The largest absolute Gasteiger partial charge is 0.386 e. The molecule has 0 saturated carbocycles. The fraction of sp³-hybridized carbons (Fsp3) is 0.0667. The highest BCUT2D eigenvalue weighted by Crippen LogP contribution is 2.21. The zero-order chi connectivity index (χ0) is 15.4. The van der Waals surface area contributed by atoms with Gasteiger partial charge in [0, 0.05) is 27.6 Å². The van der Waals surface area contributed by atoms with Gasteiger partial charge in [0.15, 0.2) is 18.2 Å². The Kier molecular flexibility index (Phi) is 4.41. The third kappa shape index (κ3) is 3.47. The highest BCUT2D eigenvalue weighted by Gasteiger charge is 2.07. The van der Waals surface area contributed by atoms with Crippen LogP contribution in [-0.4, -0.2) is 11.0 Å². The van der Waals surface area contributed by atoms with Gasteiger partial charge in [-0.2, -0.15) is 11.3 Å². The van der Waals surface area contributed by atoms with Gasteiger partial charge in [-0.05, 0) is 23.6 Å². The van der Waals surface area contributed by atoms with Crippen molar-refractivity contribution in [3.05, 3.63) is 63.5 Å². The molecule has 2 N–H and O–H groups in total. The van der Waals surface area contributed by atoms with Gasteiger partial charge in [-0.1, -0.05) is 34.0 Å². The van der Waals surface area contributed by atoms with Gasteiger partial charge < -0.3 is 15.1 Å². The maximum atomic E-state index is 5.86. The Labute approximate surface area is 135 Å². The quantitative estimate of drug-likeness (QED) is 0.436. The smallest absolute Gasteiger partial charge is 0.177 e. The maximum absolute atomic E-state index is 5.86. The molecule has 0 bridgehead atoms. The topological polar surface area (TPSA) is 73.6 Å². The van der Waals surface area contributed by atoms with E-state index in [1.807, 2.05) is 29.0 Å². The molecule has 0 radical (unpaired) electrons. The molecular formula is C15H12ClN3O2S. The molecule has 0 spiro atoms. The summed E-state index contributed by atoms with van der Waals surface area (Å²) in [5.41, 5.74) is 8.25. The molecule has 0 saturated heterocycles. The van der Waals surface area contributed by atoms with E-state index in [0.29, 0.717) is 22.3 Å². The summed E-state index contributed by atoms with van der Waals surface area (Å²) in [6, 6.07) is 11.0. The van der Waals surface area contributed by atoms with E-state index in [4.69, 9.17) is 26.7 Å². The predicted molar refractivity (Wildman–Crippen MR) is 86.8 cm³/mol. The van der Waals surface area contributed by atoms with Crippen molar-refractivity contribution in [1.29, 1.82) is 0 Å². The van der Waals surface area contributed by atoms with E-state index in [2.05, 4.69) is 10.3 Å². The van der Waals surface area contributed by atoms with Crippen LogP contribution in [0, 0.1) is 0 Å². The number of oxime groups is 1. The van der Waals surface area contributed by atoms with Crippen LogP contribution < -0.4 is 5.73 Å². The standard InChI is InChI=1S/C15H12ClN3O2S/c16-12-3-1-10(2-4-12)14-7-13(21-18-14)8-20-19-15(17)11-5-6-22-9-11/h1-7,9H,8H2,(H2,17,19). The van der Waals surface area contributed by atoms with Crippen molar-refractivity contribution in [2.45, 2.75) is 6.61 Å². The van der Waals surface area contributed by atoms with Crippen LogP contribution in [0.25, 0.3) is 11.3 Å². The number of nitrogens with two attached hydrogens (primary N) is 1. The van der Waals surface area contributed by atoms with E-state index in [9.17, 15) is 0 Å². The van der Waals surface area contributed by atoms with Gasteiger partial charge in [0.25, 0.3) is 0 Å². The van der Waals surface area contributed by atoms with Crippen molar-refractivity contribution in [1.82, 2.24) is 5.16 Å². The van der Waals surface area contributed by atoms with Crippen LogP contribution in [0.3, 0.4) is 0 Å². The molecule has 0 atom stereocenters. The molecule has 7 heteroatoms. The minimum absolute atomic E-state index is 0.158. The summed E-state index contributed by atoms with van der Waals surface area (Å²) in [6.07, 6.45) is 0. The second kappa shape index (κ2) is 6.64. The minimum Gasteiger partial charge on any atom is -0.386 e. The van der Waals surface area contributed by atoms with Gasteiger partial charge >= 0.3 is 0 Å². The summed E-state index contributed by atoms with van der Waals surface area (Å²) in [5.74, 6) is 0.894. The number of halogens is 1. The van der Waals surface area contributed by atoms with Crippen LogP contribution in [-0.2, 0) is 11.4 Å². The van der Waals surface area contributed by atoms with Crippen molar-refractivity contribution in [2.75, 3.05) is 0 Å². The molecule has 3 rings (SSSR count). The molecular weight excluding hydrogens is 322 g/mol. The Bertz CT molecular complexity index is 766. The first-order valence-corrected chi connectivity index (χ1v) is 7.74. The Morgan fingerprint density at radius 2 is 2.14 bits per heavy atom. The second-order valence-electron chi connectivity index (χ2n) is 4.45. The number of hydrogen-bond acceptors (Lipinski definition) is 5. The molecule has 2 heterocycles. The predicted octanol–water partition coefficient (Wildman–Crippen LogP) is 3.89. The zero-order valence-corrected chi connectivity index (χ0v) is 13.0.